The second-order valence-electron chi connectivity index (χ2n) is 5.36. The zero-order valence-electron chi connectivity index (χ0n) is 13.1. The van der Waals surface area contributed by atoms with E-state index in [2.05, 4.69) is 5.32 Å². The van der Waals surface area contributed by atoms with Crippen molar-refractivity contribution in [3.8, 4) is 5.75 Å². The monoisotopic (exact) mass is 328 g/mol. The Morgan fingerprint density at radius 3 is 3.00 bits per heavy atom. The summed E-state index contributed by atoms with van der Waals surface area (Å²) in [5.74, 6) is 0.729. The molecule has 0 aliphatic carbocycles. The predicted molar refractivity (Wildman–Crippen MR) is 81.9 cm³/mol. The number of hydrogen-bond acceptors (Lipinski definition) is 3. The minimum atomic E-state index is -2.58. The van der Waals surface area contributed by atoms with Crippen molar-refractivity contribution in [1.82, 2.24) is 10.2 Å². The number of methoxy groups -OCH3 is 1. The van der Waals surface area contributed by atoms with Gasteiger partial charge in [0, 0.05) is 19.2 Å². The second kappa shape index (κ2) is 8.67. The number of carbonyl (C=O) groups is 1. The molecule has 7 heteroatoms. The molecule has 1 heterocycles. The van der Waals surface area contributed by atoms with Crippen molar-refractivity contribution in [1.29, 1.82) is 0 Å². The lowest BCUT2D eigenvalue weighted by atomic mass is 10.0. The first-order valence-corrected chi connectivity index (χ1v) is 7.66. The maximum absolute atomic E-state index is 12.7. The van der Waals surface area contributed by atoms with Gasteiger partial charge in [-0.3, -0.25) is 0 Å². The maximum atomic E-state index is 12.7. The standard InChI is InChI=1S/C16H22F2N2O3/c1-22-10-8-20(11-15(17)18)16(21)19-13-6-4-9-23-14-7-3-2-5-12(13)14/h2-3,5,7,13,15H,4,6,8-11H2,1H3,(H,19,21)/t13-/m1/s1. The van der Waals surface area contributed by atoms with Gasteiger partial charge in [0.05, 0.1) is 25.8 Å². The lowest BCUT2D eigenvalue weighted by Crippen LogP contribution is -2.45. The molecule has 1 atom stereocenters. The average Bonchev–Trinajstić information content (AvgIpc) is 2.73. The first kappa shape index (κ1) is 17.5. The summed E-state index contributed by atoms with van der Waals surface area (Å²) in [4.78, 5) is 13.4. The number of benzene rings is 1. The van der Waals surface area contributed by atoms with Crippen LogP contribution in [0, 0.1) is 0 Å². The topological polar surface area (TPSA) is 50.8 Å². The molecule has 1 aliphatic rings. The molecule has 0 unspecified atom stereocenters. The molecule has 0 radical (unpaired) electrons. The van der Waals surface area contributed by atoms with E-state index >= 15 is 0 Å². The van der Waals surface area contributed by atoms with Gasteiger partial charge in [0.25, 0.3) is 6.43 Å². The summed E-state index contributed by atoms with van der Waals surface area (Å²) in [5.41, 5.74) is 0.877. The smallest absolute Gasteiger partial charge is 0.318 e. The third-order valence-corrected chi connectivity index (χ3v) is 3.70. The SMILES string of the molecule is COCCN(CC(F)F)C(=O)N[C@@H]1CCCOc2ccccc21. The molecule has 2 amide bonds. The number of carbonyl (C=O) groups excluding carboxylic acids is 1. The molecule has 1 aromatic carbocycles. The van der Waals surface area contributed by atoms with Crippen molar-refractivity contribution in [2.45, 2.75) is 25.3 Å². The van der Waals surface area contributed by atoms with Crippen molar-refractivity contribution in [2.24, 2.45) is 0 Å². The first-order chi connectivity index (χ1) is 11.1. The fraction of sp³-hybridized carbons (Fsp3) is 0.562. The molecule has 0 fully saturated rings. The molecule has 1 aliphatic heterocycles. The van der Waals surface area contributed by atoms with Crippen LogP contribution in [0.1, 0.15) is 24.4 Å². The molecule has 0 bridgehead atoms. The van der Waals surface area contributed by atoms with Gasteiger partial charge in [-0.25, -0.2) is 13.6 Å². The number of nitrogens with zero attached hydrogens (tertiary/aromatic N) is 1. The minimum absolute atomic E-state index is 0.123. The number of halogens is 2. The number of urea groups is 1. The molecular formula is C16H22F2N2O3. The van der Waals surface area contributed by atoms with Crippen LogP contribution in [-0.2, 0) is 4.74 Å². The lowest BCUT2D eigenvalue weighted by Gasteiger charge is -2.26. The van der Waals surface area contributed by atoms with Gasteiger partial charge in [-0.1, -0.05) is 18.2 Å². The van der Waals surface area contributed by atoms with Crippen LogP contribution in [0.15, 0.2) is 24.3 Å². The van der Waals surface area contributed by atoms with E-state index in [1.807, 2.05) is 24.3 Å². The molecule has 0 saturated heterocycles. The first-order valence-electron chi connectivity index (χ1n) is 7.66. The molecule has 2 rings (SSSR count). The van der Waals surface area contributed by atoms with E-state index in [0.717, 1.165) is 22.6 Å². The van der Waals surface area contributed by atoms with Crippen LogP contribution in [0.25, 0.3) is 0 Å². The molecule has 0 aromatic heterocycles. The van der Waals surface area contributed by atoms with Gasteiger partial charge in [-0.2, -0.15) is 0 Å². The van der Waals surface area contributed by atoms with E-state index < -0.39 is 19.0 Å². The van der Waals surface area contributed by atoms with Crippen LogP contribution >= 0.6 is 0 Å². The van der Waals surface area contributed by atoms with Crippen molar-refractivity contribution >= 4 is 6.03 Å². The lowest BCUT2D eigenvalue weighted by molar-refractivity contribution is 0.0825. The van der Waals surface area contributed by atoms with Gasteiger partial charge in [-0.15, -0.1) is 0 Å². The molecule has 1 N–H and O–H groups in total. The number of para-hydroxylation sites is 1. The third kappa shape index (κ3) is 5.06. The van der Waals surface area contributed by atoms with E-state index in [4.69, 9.17) is 9.47 Å². The number of hydrogen-bond donors (Lipinski definition) is 1. The highest BCUT2D eigenvalue weighted by Crippen LogP contribution is 2.31. The third-order valence-electron chi connectivity index (χ3n) is 3.70. The fourth-order valence-corrected chi connectivity index (χ4v) is 2.56. The van der Waals surface area contributed by atoms with Crippen molar-refractivity contribution in [2.75, 3.05) is 33.4 Å². The summed E-state index contributed by atoms with van der Waals surface area (Å²) in [6.07, 6.45) is -1.09. The summed E-state index contributed by atoms with van der Waals surface area (Å²) in [7, 11) is 1.47. The second-order valence-corrected chi connectivity index (χ2v) is 5.36. The van der Waals surface area contributed by atoms with Crippen LogP contribution in [0.4, 0.5) is 13.6 Å². The van der Waals surface area contributed by atoms with E-state index in [9.17, 15) is 13.6 Å². The number of ether oxygens (including phenoxy) is 2. The molecule has 128 valence electrons. The Bertz CT molecular complexity index is 514. The Morgan fingerprint density at radius 1 is 1.48 bits per heavy atom. The summed E-state index contributed by atoms with van der Waals surface area (Å²) in [6, 6.07) is 6.71. The average molecular weight is 328 g/mol. The van der Waals surface area contributed by atoms with Gasteiger partial charge in [-0.05, 0) is 18.9 Å². The minimum Gasteiger partial charge on any atom is -0.493 e. The van der Waals surface area contributed by atoms with Gasteiger partial charge in [0.15, 0.2) is 0 Å². The van der Waals surface area contributed by atoms with E-state index in [-0.39, 0.29) is 19.2 Å². The Hall–Kier alpha value is -1.89. The summed E-state index contributed by atoms with van der Waals surface area (Å²) < 4.78 is 35.9. The number of fused-ring (bicyclic) bond motifs is 1. The molecule has 0 spiro atoms. The van der Waals surface area contributed by atoms with Crippen molar-refractivity contribution in [3.63, 3.8) is 0 Å². The predicted octanol–water partition coefficient (Wildman–Crippen LogP) is 2.82. The summed E-state index contributed by atoms with van der Waals surface area (Å²) >= 11 is 0. The highest BCUT2D eigenvalue weighted by Gasteiger charge is 2.24. The molecule has 1 aromatic rings. The molecule has 23 heavy (non-hydrogen) atoms. The Morgan fingerprint density at radius 2 is 2.26 bits per heavy atom. The summed E-state index contributed by atoms with van der Waals surface area (Å²) in [6.45, 7) is 0.301. The van der Waals surface area contributed by atoms with E-state index in [1.165, 1.54) is 7.11 Å². The number of rotatable bonds is 6. The molecule has 5 nitrogen and oxygen atoms in total. The Kier molecular flexibility index (Phi) is 6.58. The van der Waals surface area contributed by atoms with Crippen LogP contribution in [0.2, 0.25) is 0 Å². The Balaban J connectivity index is 2.07. The van der Waals surface area contributed by atoms with Crippen LogP contribution in [0.3, 0.4) is 0 Å². The van der Waals surface area contributed by atoms with Crippen molar-refractivity contribution in [3.05, 3.63) is 29.8 Å². The normalized spacial score (nSPS) is 17.1. The number of nitrogens with one attached hydrogen (secondary N) is 1. The largest absolute Gasteiger partial charge is 0.493 e. The fourth-order valence-electron chi connectivity index (χ4n) is 2.56. The number of alkyl halides is 2. The van der Waals surface area contributed by atoms with Gasteiger partial charge in [0.2, 0.25) is 0 Å². The highest BCUT2D eigenvalue weighted by molar-refractivity contribution is 5.75. The van der Waals surface area contributed by atoms with E-state index in [1.54, 1.807) is 0 Å². The zero-order valence-corrected chi connectivity index (χ0v) is 13.1. The van der Waals surface area contributed by atoms with Crippen LogP contribution in [0.5, 0.6) is 5.75 Å². The van der Waals surface area contributed by atoms with Crippen LogP contribution in [-0.4, -0.2) is 50.8 Å². The van der Waals surface area contributed by atoms with Gasteiger partial charge in [0.1, 0.15) is 5.75 Å². The molecule has 0 saturated carbocycles. The molecular weight excluding hydrogens is 306 g/mol. The quantitative estimate of drug-likeness (QED) is 0.874. The van der Waals surface area contributed by atoms with Crippen molar-refractivity contribution < 1.29 is 23.0 Å². The number of amides is 2. The highest BCUT2D eigenvalue weighted by atomic mass is 19.3. The maximum Gasteiger partial charge on any atom is 0.318 e. The van der Waals surface area contributed by atoms with E-state index in [0.29, 0.717) is 13.0 Å². The summed E-state index contributed by atoms with van der Waals surface area (Å²) in [5, 5.41) is 2.85. The van der Waals surface area contributed by atoms with Gasteiger partial charge < -0.3 is 19.7 Å². The zero-order chi connectivity index (χ0) is 16.7. The van der Waals surface area contributed by atoms with Gasteiger partial charge >= 0.3 is 6.03 Å². The van der Waals surface area contributed by atoms with Crippen LogP contribution < -0.4 is 10.1 Å². The Labute approximate surface area is 134 Å².